The molecule has 1 unspecified atom stereocenters. The molecule has 4 nitrogen and oxygen atoms in total. The second-order valence-corrected chi connectivity index (χ2v) is 5.32. The zero-order valence-electron chi connectivity index (χ0n) is 11.8. The molecule has 0 fully saturated rings. The van der Waals surface area contributed by atoms with Crippen molar-refractivity contribution in [3.63, 3.8) is 0 Å². The van der Waals surface area contributed by atoms with E-state index in [1.54, 1.807) is 30.4 Å². The van der Waals surface area contributed by atoms with Crippen LogP contribution in [0.3, 0.4) is 0 Å². The van der Waals surface area contributed by atoms with Crippen LogP contribution >= 0.6 is 16.1 Å². The number of benzene rings is 2. The van der Waals surface area contributed by atoms with Crippen molar-refractivity contribution in [2.75, 3.05) is 14.2 Å². The van der Waals surface area contributed by atoms with Gasteiger partial charge in [0, 0.05) is 25.0 Å². The van der Waals surface area contributed by atoms with Gasteiger partial charge in [0.2, 0.25) is 5.88 Å². The van der Waals surface area contributed by atoms with Gasteiger partial charge in [0.25, 0.3) is 5.85 Å². The van der Waals surface area contributed by atoms with E-state index in [1.807, 2.05) is 24.3 Å². The summed E-state index contributed by atoms with van der Waals surface area (Å²) in [5.41, 5.74) is 0.943. The van der Waals surface area contributed by atoms with E-state index in [-0.39, 0.29) is 0 Å². The molecule has 0 aromatic heterocycles. The third-order valence-corrected chi connectivity index (χ3v) is 4.39. The number of hydrogen-bond acceptors (Lipinski definition) is 4. The minimum Gasteiger partial charge on any atom is -0.482 e. The molecule has 0 radical (unpaired) electrons. The van der Waals surface area contributed by atoms with Gasteiger partial charge in [-0.1, -0.05) is 42.5 Å². The Hall–Kier alpha value is -1.85. The average Bonchev–Trinajstić information content (AvgIpc) is 2.55. The van der Waals surface area contributed by atoms with E-state index in [0.29, 0.717) is 5.88 Å². The molecule has 0 saturated carbocycles. The van der Waals surface area contributed by atoms with Crippen molar-refractivity contribution in [3.05, 3.63) is 60.0 Å². The maximum absolute atomic E-state index is 5.78. The number of fused-ring (bicyclic) bond motifs is 1. The predicted octanol–water partition coefficient (Wildman–Crippen LogP) is 3.78. The second-order valence-electron chi connectivity index (χ2n) is 4.61. The maximum Gasteiger partial charge on any atom is 0.279 e. The Balaban J connectivity index is 2.24. The molecule has 1 aliphatic rings. The van der Waals surface area contributed by atoms with Crippen molar-refractivity contribution in [3.8, 4) is 0 Å². The van der Waals surface area contributed by atoms with E-state index in [9.17, 15) is 0 Å². The lowest BCUT2D eigenvalue weighted by Gasteiger charge is -2.38. The number of hydrogen-bond donors (Lipinski definition) is 0. The molecule has 0 bridgehead atoms. The fourth-order valence-electron chi connectivity index (χ4n) is 2.54. The SMILES string of the molecule is COC1=CC=NC(OC)(c2cccc3ccccc23)N1Br. The molecular weight excluding hydrogens is 332 g/mol. The summed E-state index contributed by atoms with van der Waals surface area (Å²) in [7, 11) is 3.24. The van der Waals surface area contributed by atoms with Crippen LogP contribution in [0, 0.1) is 0 Å². The van der Waals surface area contributed by atoms with Gasteiger partial charge >= 0.3 is 0 Å². The first-order chi connectivity index (χ1) is 10.2. The molecule has 0 N–H and O–H groups in total. The van der Waals surface area contributed by atoms with Crippen LogP contribution in [0.15, 0.2) is 59.4 Å². The van der Waals surface area contributed by atoms with Crippen LogP contribution in [0.1, 0.15) is 5.56 Å². The number of methoxy groups -OCH3 is 2. The van der Waals surface area contributed by atoms with E-state index in [2.05, 4.69) is 39.3 Å². The Morgan fingerprint density at radius 1 is 1.10 bits per heavy atom. The first-order valence-corrected chi connectivity index (χ1v) is 7.23. The van der Waals surface area contributed by atoms with E-state index in [0.717, 1.165) is 16.3 Å². The number of nitrogens with zero attached hydrogens (tertiary/aromatic N) is 2. The van der Waals surface area contributed by atoms with E-state index in [4.69, 9.17) is 9.47 Å². The fraction of sp³-hybridized carbons (Fsp3) is 0.188. The highest BCUT2D eigenvalue weighted by Crippen LogP contribution is 2.41. The van der Waals surface area contributed by atoms with Crippen LogP contribution in [0.5, 0.6) is 0 Å². The van der Waals surface area contributed by atoms with E-state index >= 15 is 0 Å². The largest absolute Gasteiger partial charge is 0.482 e. The summed E-state index contributed by atoms with van der Waals surface area (Å²) < 4.78 is 12.9. The number of aliphatic imine (C=N–C) groups is 1. The molecule has 2 aromatic rings. The van der Waals surface area contributed by atoms with Gasteiger partial charge in [-0.3, -0.25) is 0 Å². The minimum atomic E-state index is -0.999. The van der Waals surface area contributed by atoms with Crippen molar-refractivity contribution in [2.24, 2.45) is 4.99 Å². The Morgan fingerprint density at radius 2 is 1.86 bits per heavy atom. The quantitative estimate of drug-likeness (QED) is 0.793. The van der Waals surface area contributed by atoms with Crippen LogP contribution in [0.25, 0.3) is 10.8 Å². The van der Waals surface area contributed by atoms with Gasteiger partial charge in [-0.15, -0.1) is 0 Å². The van der Waals surface area contributed by atoms with Gasteiger partial charge in [0.1, 0.15) is 0 Å². The lowest BCUT2D eigenvalue weighted by atomic mass is 10.00. The molecule has 1 heterocycles. The lowest BCUT2D eigenvalue weighted by molar-refractivity contribution is -0.0912. The Bertz CT molecular complexity index is 724. The summed E-state index contributed by atoms with van der Waals surface area (Å²) in [5.74, 6) is -0.374. The standard InChI is InChI=1S/C16H15BrN2O2/c1-20-15-10-11-18-16(21-2,19(15)17)14-9-5-7-12-6-3-4-8-13(12)14/h3-11H,1-2H3. The molecule has 1 aliphatic heterocycles. The van der Waals surface area contributed by atoms with E-state index in [1.165, 1.54) is 0 Å². The summed E-state index contributed by atoms with van der Waals surface area (Å²) in [6.45, 7) is 0. The van der Waals surface area contributed by atoms with Crippen molar-refractivity contribution in [1.82, 2.24) is 3.93 Å². The van der Waals surface area contributed by atoms with Crippen LogP contribution in [0.4, 0.5) is 0 Å². The summed E-state index contributed by atoms with van der Waals surface area (Å²) in [4.78, 5) is 4.55. The zero-order valence-corrected chi connectivity index (χ0v) is 13.4. The first kappa shape index (κ1) is 14.1. The van der Waals surface area contributed by atoms with Gasteiger partial charge in [0.05, 0.1) is 23.3 Å². The van der Waals surface area contributed by atoms with Crippen LogP contribution in [-0.2, 0) is 15.3 Å². The van der Waals surface area contributed by atoms with Gasteiger partial charge < -0.3 is 9.47 Å². The van der Waals surface area contributed by atoms with Crippen LogP contribution in [-0.4, -0.2) is 24.4 Å². The smallest absolute Gasteiger partial charge is 0.279 e. The van der Waals surface area contributed by atoms with Crippen LogP contribution < -0.4 is 0 Å². The number of ether oxygens (including phenoxy) is 2. The van der Waals surface area contributed by atoms with Gasteiger partial charge in [0.15, 0.2) is 0 Å². The highest BCUT2D eigenvalue weighted by molar-refractivity contribution is 9.07. The number of allylic oxidation sites excluding steroid dienone is 1. The Kier molecular flexibility index (Phi) is 3.69. The molecule has 0 aliphatic carbocycles. The second kappa shape index (κ2) is 5.50. The fourth-order valence-corrected chi connectivity index (χ4v) is 3.23. The summed E-state index contributed by atoms with van der Waals surface area (Å²) >= 11 is 3.52. The maximum atomic E-state index is 5.78. The number of halogens is 1. The van der Waals surface area contributed by atoms with Gasteiger partial charge in [-0.05, 0) is 10.8 Å². The topological polar surface area (TPSA) is 34.1 Å². The first-order valence-electron chi connectivity index (χ1n) is 6.52. The predicted molar refractivity (Wildman–Crippen MR) is 87.0 cm³/mol. The zero-order chi connectivity index (χ0) is 14.9. The average molecular weight is 347 g/mol. The molecule has 21 heavy (non-hydrogen) atoms. The van der Waals surface area contributed by atoms with Gasteiger partial charge in [-0.25, -0.2) is 8.92 Å². The van der Waals surface area contributed by atoms with Crippen molar-refractivity contribution >= 4 is 33.1 Å². The Labute approximate surface area is 132 Å². The number of rotatable bonds is 3. The van der Waals surface area contributed by atoms with Gasteiger partial charge in [-0.2, -0.15) is 0 Å². The highest BCUT2D eigenvalue weighted by atomic mass is 79.9. The van der Waals surface area contributed by atoms with Crippen molar-refractivity contribution in [1.29, 1.82) is 0 Å². The Morgan fingerprint density at radius 3 is 2.62 bits per heavy atom. The van der Waals surface area contributed by atoms with Crippen molar-refractivity contribution < 1.29 is 9.47 Å². The molecule has 2 aromatic carbocycles. The van der Waals surface area contributed by atoms with E-state index < -0.39 is 5.85 Å². The molecule has 0 amide bonds. The highest BCUT2D eigenvalue weighted by Gasteiger charge is 2.42. The molecule has 5 heteroatoms. The normalized spacial score (nSPS) is 21.5. The summed E-state index contributed by atoms with van der Waals surface area (Å²) in [6.07, 6.45) is 3.47. The molecule has 108 valence electrons. The molecule has 3 rings (SSSR count). The minimum absolute atomic E-state index is 0.625. The lowest BCUT2D eigenvalue weighted by Crippen LogP contribution is -2.42. The summed E-state index contributed by atoms with van der Waals surface area (Å²) in [6, 6.07) is 14.2. The van der Waals surface area contributed by atoms with Crippen molar-refractivity contribution in [2.45, 2.75) is 5.85 Å². The third-order valence-electron chi connectivity index (χ3n) is 3.56. The molecule has 0 spiro atoms. The monoisotopic (exact) mass is 346 g/mol. The molecule has 0 saturated heterocycles. The molecular formula is C16H15BrN2O2. The third kappa shape index (κ3) is 2.13. The summed E-state index contributed by atoms with van der Waals surface area (Å²) in [5, 5.41) is 2.22. The molecule has 1 atom stereocenters. The van der Waals surface area contributed by atoms with Crippen LogP contribution in [0.2, 0.25) is 0 Å².